The van der Waals surface area contributed by atoms with Crippen LogP contribution < -0.4 is 11.1 Å². The maximum atomic E-state index is 12.3. The van der Waals surface area contributed by atoms with Gasteiger partial charge in [-0.15, -0.1) is 0 Å². The quantitative estimate of drug-likeness (QED) is 0.860. The number of aromatic nitrogens is 2. The monoisotopic (exact) mass is 300 g/mol. The number of amides is 1. The molecule has 0 fully saturated rings. The lowest BCUT2D eigenvalue weighted by molar-refractivity contribution is -0.124. The second kappa shape index (κ2) is 7.22. The van der Waals surface area contributed by atoms with Gasteiger partial charge in [-0.1, -0.05) is 38.1 Å². The molecule has 0 aliphatic carbocycles. The van der Waals surface area contributed by atoms with Gasteiger partial charge in [0.25, 0.3) is 0 Å². The minimum atomic E-state index is -0.275. The lowest BCUT2D eigenvalue weighted by atomic mass is 10.1. The number of imidazole rings is 1. The van der Waals surface area contributed by atoms with Crippen LogP contribution in [-0.4, -0.2) is 15.5 Å². The van der Waals surface area contributed by atoms with Crippen LogP contribution in [0.25, 0.3) is 0 Å². The maximum Gasteiger partial charge on any atom is 0.243 e. The summed E-state index contributed by atoms with van der Waals surface area (Å²) in [5, 5.41) is 2.97. The van der Waals surface area contributed by atoms with Crippen molar-refractivity contribution in [1.29, 1.82) is 0 Å². The molecule has 1 aromatic heterocycles. The Hall–Kier alpha value is -2.14. The zero-order valence-electron chi connectivity index (χ0n) is 13.4. The number of nitrogens with zero attached hydrogens (tertiary/aromatic N) is 2. The molecule has 1 amide bonds. The van der Waals surface area contributed by atoms with E-state index in [9.17, 15) is 4.79 Å². The number of nitrogens with two attached hydrogens (primary N) is 1. The summed E-state index contributed by atoms with van der Waals surface area (Å²) in [6.07, 6.45) is 3.60. The Morgan fingerprint density at radius 2 is 1.86 bits per heavy atom. The third-order valence-electron chi connectivity index (χ3n) is 3.74. The zero-order chi connectivity index (χ0) is 16.1. The summed E-state index contributed by atoms with van der Waals surface area (Å²) in [4.78, 5) is 16.7. The smallest absolute Gasteiger partial charge is 0.243 e. The highest BCUT2D eigenvalue weighted by Gasteiger charge is 2.18. The van der Waals surface area contributed by atoms with Gasteiger partial charge in [0.15, 0.2) is 0 Å². The fourth-order valence-electron chi connectivity index (χ4n) is 2.36. The molecular weight excluding hydrogens is 276 g/mol. The van der Waals surface area contributed by atoms with Gasteiger partial charge in [-0.3, -0.25) is 4.79 Å². The van der Waals surface area contributed by atoms with E-state index in [1.807, 2.05) is 42.0 Å². The van der Waals surface area contributed by atoms with E-state index in [0.717, 1.165) is 17.0 Å². The standard InChI is InChI=1S/C17H24N4O/c1-12(2)16-19-8-9-21(16)13(3)17(22)20-11-15-6-4-14(10-18)5-7-15/h4-9,12-13H,10-11,18H2,1-3H3,(H,20,22). The molecule has 0 bridgehead atoms. The average molecular weight is 300 g/mol. The summed E-state index contributed by atoms with van der Waals surface area (Å²) in [5.41, 5.74) is 7.73. The van der Waals surface area contributed by atoms with E-state index in [1.165, 1.54) is 0 Å². The van der Waals surface area contributed by atoms with E-state index in [2.05, 4.69) is 24.1 Å². The first-order valence-corrected chi connectivity index (χ1v) is 7.61. The summed E-state index contributed by atoms with van der Waals surface area (Å²) in [5.74, 6) is 1.20. The second-order valence-corrected chi connectivity index (χ2v) is 5.76. The van der Waals surface area contributed by atoms with Crippen molar-refractivity contribution in [3.63, 3.8) is 0 Å². The summed E-state index contributed by atoms with van der Waals surface area (Å²) in [7, 11) is 0. The van der Waals surface area contributed by atoms with Crippen LogP contribution in [0.15, 0.2) is 36.7 Å². The number of carbonyl (C=O) groups is 1. The van der Waals surface area contributed by atoms with E-state index in [0.29, 0.717) is 13.1 Å². The largest absolute Gasteiger partial charge is 0.350 e. The zero-order valence-corrected chi connectivity index (χ0v) is 13.4. The highest BCUT2D eigenvalue weighted by Crippen LogP contribution is 2.17. The molecule has 0 spiro atoms. The predicted molar refractivity (Wildman–Crippen MR) is 87.2 cm³/mol. The molecule has 2 rings (SSSR count). The Balaban J connectivity index is 1.97. The first-order valence-electron chi connectivity index (χ1n) is 7.61. The van der Waals surface area contributed by atoms with Crippen LogP contribution in [0, 0.1) is 0 Å². The fourth-order valence-corrected chi connectivity index (χ4v) is 2.36. The molecule has 5 heteroatoms. The first-order chi connectivity index (χ1) is 10.5. The van der Waals surface area contributed by atoms with Gasteiger partial charge in [-0.25, -0.2) is 4.98 Å². The Morgan fingerprint density at radius 3 is 2.45 bits per heavy atom. The molecule has 0 radical (unpaired) electrons. The SMILES string of the molecule is CC(C)c1nccn1C(C)C(=O)NCc1ccc(CN)cc1. The lowest BCUT2D eigenvalue weighted by Gasteiger charge is -2.18. The third kappa shape index (κ3) is 3.74. The van der Waals surface area contributed by atoms with Gasteiger partial charge < -0.3 is 15.6 Å². The van der Waals surface area contributed by atoms with Gasteiger partial charge in [0, 0.05) is 31.4 Å². The molecule has 0 aliphatic rings. The van der Waals surface area contributed by atoms with Gasteiger partial charge >= 0.3 is 0 Å². The van der Waals surface area contributed by atoms with E-state index in [1.54, 1.807) is 6.20 Å². The van der Waals surface area contributed by atoms with Crippen LogP contribution in [-0.2, 0) is 17.9 Å². The highest BCUT2D eigenvalue weighted by atomic mass is 16.2. The number of rotatable bonds is 6. The van der Waals surface area contributed by atoms with Crippen LogP contribution in [0.1, 0.15) is 49.7 Å². The molecular formula is C17H24N4O. The van der Waals surface area contributed by atoms with Crippen molar-refractivity contribution in [3.05, 3.63) is 53.6 Å². The van der Waals surface area contributed by atoms with Gasteiger partial charge in [0.2, 0.25) is 5.91 Å². The number of carbonyl (C=O) groups excluding carboxylic acids is 1. The Labute approximate surface area is 131 Å². The molecule has 3 N–H and O–H groups in total. The first kappa shape index (κ1) is 16.2. The van der Waals surface area contributed by atoms with Crippen molar-refractivity contribution in [1.82, 2.24) is 14.9 Å². The number of nitrogens with one attached hydrogen (secondary N) is 1. The Kier molecular flexibility index (Phi) is 5.33. The molecule has 1 aromatic carbocycles. The van der Waals surface area contributed by atoms with Crippen LogP contribution in [0.5, 0.6) is 0 Å². The van der Waals surface area contributed by atoms with Crippen molar-refractivity contribution in [3.8, 4) is 0 Å². The van der Waals surface area contributed by atoms with Crippen LogP contribution in [0.3, 0.4) is 0 Å². The summed E-state index contributed by atoms with van der Waals surface area (Å²) in [6.45, 7) is 7.08. The summed E-state index contributed by atoms with van der Waals surface area (Å²) in [6, 6.07) is 7.67. The third-order valence-corrected chi connectivity index (χ3v) is 3.74. The van der Waals surface area contributed by atoms with Gasteiger partial charge in [-0.2, -0.15) is 0 Å². The topological polar surface area (TPSA) is 72.9 Å². The minimum Gasteiger partial charge on any atom is -0.350 e. The van der Waals surface area contributed by atoms with Crippen molar-refractivity contribution in [2.24, 2.45) is 5.73 Å². The number of hydrogen-bond acceptors (Lipinski definition) is 3. The van der Waals surface area contributed by atoms with E-state index in [-0.39, 0.29) is 17.9 Å². The molecule has 0 saturated carbocycles. The van der Waals surface area contributed by atoms with Gasteiger partial charge in [-0.05, 0) is 18.1 Å². The van der Waals surface area contributed by atoms with Gasteiger partial charge in [0.1, 0.15) is 11.9 Å². The molecule has 1 atom stereocenters. The van der Waals surface area contributed by atoms with E-state index < -0.39 is 0 Å². The molecule has 1 heterocycles. The number of benzene rings is 1. The summed E-state index contributed by atoms with van der Waals surface area (Å²) >= 11 is 0. The van der Waals surface area contributed by atoms with Crippen molar-refractivity contribution < 1.29 is 4.79 Å². The van der Waals surface area contributed by atoms with E-state index >= 15 is 0 Å². The maximum absolute atomic E-state index is 12.3. The molecule has 22 heavy (non-hydrogen) atoms. The molecule has 0 aliphatic heterocycles. The second-order valence-electron chi connectivity index (χ2n) is 5.76. The number of hydrogen-bond donors (Lipinski definition) is 2. The van der Waals surface area contributed by atoms with Crippen molar-refractivity contribution >= 4 is 5.91 Å². The summed E-state index contributed by atoms with van der Waals surface area (Å²) < 4.78 is 1.93. The lowest BCUT2D eigenvalue weighted by Crippen LogP contribution is -2.31. The van der Waals surface area contributed by atoms with Crippen molar-refractivity contribution in [2.75, 3.05) is 0 Å². The molecule has 0 saturated heterocycles. The fraction of sp³-hybridized carbons (Fsp3) is 0.412. The highest BCUT2D eigenvalue weighted by molar-refractivity contribution is 5.79. The minimum absolute atomic E-state index is 0.0113. The Bertz CT molecular complexity index is 616. The van der Waals surface area contributed by atoms with Crippen LogP contribution in [0.2, 0.25) is 0 Å². The molecule has 5 nitrogen and oxygen atoms in total. The van der Waals surface area contributed by atoms with Crippen molar-refractivity contribution in [2.45, 2.75) is 45.8 Å². The normalized spacial score (nSPS) is 12.4. The molecule has 118 valence electrons. The molecule has 1 unspecified atom stereocenters. The Morgan fingerprint density at radius 1 is 1.23 bits per heavy atom. The van der Waals surface area contributed by atoms with E-state index in [4.69, 9.17) is 5.73 Å². The van der Waals surface area contributed by atoms with Gasteiger partial charge in [0.05, 0.1) is 0 Å². The van der Waals surface area contributed by atoms with Crippen LogP contribution >= 0.6 is 0 Å². The average Bonchev–Trinajstić information content (AvgIpc) is 3.02. The predicted octanol–water partition coefficient (Wildman–Crippen LogP) is 2.34. The molecule has 2 aromatic rings. The van der Waals surface area contributed by atoms with Crippen LogP contribution in [0.4, 0.5) is 0 Å².